The van der Waals surface area contributed by atoms with E-state index in [4.69, 9.17) is 0 Å². The van der Waals surface area contributed by atoms with Gasteiger partial charge in [0, 0.05) is 31.9 Å². The third kappa shape index (κ3) is 3.14. The van der Waals surface area contributed by atoms with Crippen LogP contribution >= 0.6 is 0 Å². The Morgan fingerprint density at radius 1 is 1.41 bits per heavy atom. The smallest absolute Gasteiger partial charge is 0.277 e. The fourth-order valence-corrected chi connectivity index (χ4v) is 1.48. The van der Waals surface area contributed by atoms with Gasteiger partial charge in [0.25, 0.3) is 5.69 Å². The summed E-state index contributed by atoms with van der Waals surface area (Å²) >= 11 is 0. The van der Waals surface area contributed by atoms with Crippen molar-refractivity contribution >= 4 is 17.5 Å². The van der Waals surface area contributed by atoms with Crippen LogP contribution in [0.1, 0.15) is 11.1 Å². The molecule has 1 aromatic carbocycles. The monoisotopic (exact) mass is 234 g/mol. The van der Waals surface area contributed by atoms with E-state index in [0.717, 1.165) is 5.56 Å². The van der Waals surface area contributed by atoms with Gasteiger partial charge in [0.15, 0.2) is 6.29 Å². The van der Waals surface area contributed by atoms with E-state index in [1.807, 2.05) is 0 Å². The van der Waals surface area contributed by atoms with Crippen molar-refractivity contribution in [1.29, 1.82) is 0 Å². The Bertz CT molecular complexity index is 479. The Morgan fingerprint density at radius 2 is 2.06 bits per heavy atom. The molecule has 0 unspecified atom stereocenters. The lowest BCUT2D eigenvalue weighted by molar-refractivity contribution is -0.385. The van der Waals surface area contributed by atoms with Crippen LogP contribution < -0.4 is 0 Å². The Labute approximate surface area is 99.5 Å². The molecule has 0 aliphatic heterocycles. The number of hydrogen-bond acceptors (Lipinski definition) is 4. The normalized spacial score (nSPS) is 11.1. The number of benzene rings is 1. The molecule has 0 aromatic heterocycles. The number of nitro benzene ring substituents is 1. The highest BCUT2D eigenvalue weighted by Gasteiger charge is 2.17. The number of nitro groups is 1. The van der Waals surface area contributed by atoms with E-state index in [9.17, 15) is 14.9 Å². The molecule has 0 atom stereocenters. The number of aldehydes is 1. The molecule has 0 amide bonds. The Hall–Kier alpha value is -2.17. The second-order valence-electron chi connectivity index (χ2n) is 3.94. The zero-order chi connectivity index (χ0) is 13.0. The maximum Gasteiger partial charge on any atom is 0.277 e. The number of hydrogen-bond donors (Lipinski definition) is 0. The third-order valence-corrected chi connectivity index (χ3v) is 2.19. The van der Waals surface area contributed by atoms with Crippen molar-refractivity contribution < 1.29 is 9.72 Å². The molecule has 0 N–H and O–H groups in total. The zero-order valence-corrected chi connectivity index (χ0v) is 10.0. The van der Waals surface area contributed by atoms with Crippen LogP contribution in [0.25, 0.3) is 5.57 Å². The van der Waals surface area contributed by atoms with Crippen LogP contribution in [0.15, 0.2) is 24.4 Å². The summed E-state index contributed by atoms with van der Waals surface area (Å²) < 4.78 is 0. The van der Waals surface area contributed by atoms with Crippen molar-refractivity contribution in [3.63, 3.8) is 0 Å². The lowest BCUT2D eigenvalue weighted by Gasteiger charge is -2.08. The minimum absolute atomic E-state index is 0.0507. The van der Waals surface area contributed by atoms with Crippen LogP contribution in [0.2, 0.25) is 0 Å². The molecule has 0 bridgehead atoms. The Balaban J connectivity index is 3.38. The minimum Gasteiger partial charge on any atom is -0.383 e. The lowest BCUT2D eigenvalue weighted by Crippen LogP contribution is -2.04. The Morgan fingerprint density at radius 3 is 2.53 bits per heavy atom. The van der Waals surface area contributed by atoms with E-state index in [2.05, 4.69) is 0 Å². The number of rotatable bonds is 4. The van der Waals surface area contributed by atoms with Gasteiger partial charge in [0.2, 0.25) is 0 Å². The summed E-state index contributed by atoms with van der Waals surface area (Å²) in [4.78, 5) is 23.1. The lowest BCUT2D eigenvalue weighted by atomic mass is 10.0. The highest BCUT2D eigenvalue weighted by molar-refractivity contribution is 6.08. The second-order valence-corrected chi connectivity index (χ2v) is 3.94. The van der Waals surface area contributed by atoms with Gasteiger partial charge in [-0.2, -0.15) is 0 Å². The topological polar surface area (TPSA) is 63.5 Å². The number of carbonyl (C=O) groups is 1. The molecule has 17 heavy (non-hydrogen) atoms. The number of allylic oxidation sites excluding steroid dienone is 1. The molecule has 0 saturated heterocycles. The molecular weight excluding hydrogens is 220 g/mol. The van der Waals surface area contributed by atoms with Crippen molar-refractivity contribution in [1.82, 2.24) is 4.90 Å². The van der Waals surface area contributed by atoms with E-state index >= 15 is 0 Å². The van der Waals surface area contributed by atoms with Gasteiger partial charge in [-0.05, 0) is 18.6 Å². The summed E-state index contributed by atoms with van der Waals surface area (Å²) in [6.45, 7) is 1.77. The maximum atomic E-state index is 11.0. The average Bonchev–Trinajstić information content (AvgIpc) is 2.25. The molecule has 0 aliphatic carbocycles. The second kappa shape index (κ2) is 5.25. The molecular formula is C12H14N2O3. The van der Waals surface area contributed by atoms with Crippen molar-refractivity contribution in [2.75, 3.05) is 14.1 Å². The number of aryl methyl sites for hydroxylation is 1. The van der Waals surface area contributed by atoms with Gasteiger partial charge in [-0.1, -0.05) is 6.07 Å². The van der Waals surface area contributed by atoms with E-state index in [1.165, 1.54) is 6.07 Å². The predicted octanol–water partition coefficient (Wildman–Crippen LogP) is 2.00. The highest BCUT2D eigenvalue weighted by Crippen LogP contribution is 2.26. The molecule has 5 heteroatoms. The first kappa shape index (κ1) is 12.9. The fraction of sp³-hybridized carbons (Fsp3) is 0.250. The van der Waals surface area contributed by atoms with Crippen molar-refractivity contribution in [2.45, 2.75) is 6.92 Å². The largest absolute Gasteiger partial charge is 0.383 e. The molecule has 1 rings (SSSR count). The summed E-state index contributed by atoms with van der Waals surface area (Å²) in [6, 6.07) is 4.80. The molecule has 0 aliphatic rings. The zero-order valence-electron chi connectivity index (χ0n) is 10.0. The van der Waals surface area contributed by atoms with Gasteiger partial charge in [-0.25, -0.2) is 0 Å². The predicted molar refractivity (Wildman–Crippen MR) is 65.6 cm³/mol. The first-order valence-corrected chi connectivity index (χ1v) is 5.04. The summed E-state index contributed by atoms with van der Waals surface area (Å²) in [7, 11) is 3.51. The van der Waals surface area contributed by atoms with Crippen LogP contribution in [-0.2, 0) is 4.79 Å². The van der Waals surface area contributed by atoms with Gasteiger partial charge in [0.05, 0.1) is 10.5 Å². The highest BCUT2D eigenvalue weighted by atomic mass is 16.6. The summed E-state index contributed by atoms with van der Waals surface area (Å²) in [5.41, 5.74) is 1.37. The third-order valence-electron chi connectivity index (χ3n) is 2.19. The van der Waals surface area contributed by atoms with Crippen molar-refractivity contribution in [2.24, 2.45) is 0 Å². The van der Waals surface area contributed by atoms with Crippen LogP contribution in [0, 0.1) is 17.0 Å². The van der Waals surface area contributed by atoms with Gasteiger partial charge in [-0.15, -0.1) is 0 Å². The van der Waals surface area contributed by atoms with Crippen LogP contribution in [0.3, 0.4) is 0 Å². The number of carbonyl (C=O) groups excluding carboxylic acids is 1. The molecule has 5 nitrogen and oxygen atoms in total. The van der Waals surface area contributed by atoms with E-state index < -0.39 is 4.92 Å². The number of nitrogens with zero attached hydrogens (tertiary/aromatic N) is 2. The average molecular weight is 234 g/mol. The molecule has 0 radical (unpaired) electrons. The van der Waals surface area contributed by atoms with Crippen molar-refractivity contribution in [3.8, 4) is 0 Å². The quantitative estimate of drug-likeness (QED) is 0.346. The van der Waals surface area contributed by atoms with E-state index in [-0.39, 0.29) is 5.69 Å². The summed E-state index contributed by atoms with van der Waals surface area (Å²) in [5, 5.41) is 10.9. The molecule has 1 aromatic rings. The standard InChI is InChI=1S/C12H14N2O3/c1-9-4-5-11(12(6-9)14(16)17)10(8-15)7-13(2)3/h4-8H,1-3H3/b10-7+. The molecule has 0 spiro atoms. The first-order chi connectivity index (χ1) is 7.95. The van der Waals surface area contributed by atoms with Gasteiger partial charge < -0.3 is 4.90 Å². The van der Waals surface area contributed by atoms with Crippen LogP contribution in [0.4, 0.5) is 5.69 Å². The molecule has 0 fully saturated rings. The molecule has 90 valence electrons. The SMILES string of the molecule is Cc1ccc(/C(C=O)=C/N(C)C)c([N+](=O)[O-])c1. The van der Waals surface area contributed by atoms with E-state index in [1.54, 1.807) is 44.3 Å². The minimum atomic E-state index is -0.477. The van der Waals surface area contributed by atoms with Crippen LogP contribution in [0.5, 0.6) is 0 Å². The summed E-state index contributed by atoms with van der Waals surface area (Å²) in [5.74, 6) is 0. The van der Waals surface area contributed by atoms with Crippen LogP contribution in [-0.4, -0.2) is 30.2 Å². The fourth-order valence-electron chi connectivity index (χ4n) is 1.48. The van der Waals surface area contributed by atoms with E-state index in [0.29, 0.717) is 17.4 Å². The molecule has 0 saturated carbocycles. The first-order valence-electron chi connectivity index (χ1n) is 5.04. The van der Waals surface area contributed by atoms with Gasteiger partial charge >= 0.3 is 0 Å². The maximum absolute atomic E-state index is 11.0. The van der Waals surface area contributed by atoms with Gasteiger partial charge in [-0.3, -0.25) is 14.9 Å². The summed E-state index contributed by atoms with van der Waals surface area (Å²) in [6.07, 6.45) is 2.18. The van der Waals surface area contributed by atoms with Crippen molar-refractivity contribution in [3.05, 3.63) is 45.6 Å². The van der Waals surface area contributed by atoms with Gasteiger partial charge in [0.1, 0.15) is 0 Å². The Kier molecular flexibility index (Phi) is 3.98. The molecule has 0 heterocycles.